The minimum atomic E-state index is -0.0104. The number of hydrogen-bond acceptors (Lipinski definition) is 4. The van der Waals surface area contributed by atoms with Crippen LogP contribution in [0.25, 0.3) is 11.2 Å². The van der Waals surface area contributed by atoms with Crippen molar-refractivity contribution in [3.8, 4) is 0 Å². The molecular formula is C30H43N5O. The first-order valence-corrected chi connectivity index (χ1v) is 13.8. The Hall–Kier alpha value is -2.73. The molecular weight excluding hydrogens is 446 g/mol. The lowest BCUT2D eigenvalue weighted by molar-refractivity contribution is -0.118. The van der Waals surface area contributed by atoms with Crippen molar-refractivity contribution in [2.75, 3.05) is 25.0 Å². The van der Waals surface area contributed by atoms with Crippen molar-refractivity contribution in [2.45, 2.75) is 85.6 Å². The van der Waals surface area contributed by atoms with Gasteiger partial charge in [0.15, 0.2) is 5.65 Å². The van der Waals surface area contributed by atoms with Crippen LogP contribution in [0.15, 0.2) is 30.3 Å². The molecule has 0 atom stereocenters. The fourth-order valence-corrected chi connectivity index (χ4v) is 5.31. The Balaban J connectivity index is 1.33. The maximum Gasteiger partial charge on any atom is 0.226 e. The molecule has 194 valence electrons. The number of imidazole rings is 1. The summed E-state index contributed by atoms with van der Waals surface area (Å²) < 4.78 is 2.38. The number of amides is 1. The van der Waals surface area contributed by atoms with Gasteiger partial charge in [0.25, 0.3) is 0 Å². The highest BCUT2D eigenvalue weighted by atomic mass is 16.1. The Kier molecular flexibility index (Phi) is 8.78. The fourth-order valence-electron chi connectivity index (χ4n) is 5.31. The van der Waals surface area contributed by atoms with E-state index in [1.807, 2.05) is 19.9 Å². The number of hydrogen-bond donors (Lipinski definition) is 1. The Labute approximate surface area is 216 Å². The number of pyridine rings is 1. The molecule has 4 rings (SSSR count). The number of anilines is 1. The van der Waals surface area contributed by atoms with Gasteiger partial charge in [-0.3, -0.25) is 4.79 Å². The lowest BCUT2D eigenvalue weighted by atomic mass is 9.89. The van der Waals surface area contributed by atoms with Crippen LogP contribution in [0.1, 0.15) is 81.4 Å². The molecule has 1 saturated heterocycles. The van der Waals surface area contributed by atoms with E-state index in [9.17, 15) is 4.79 Å². The summed E-state index contributed by atoms with van der Waals surface area (Å²) in [6.45, 7) is 14.6. The van der Waals surface area contributed by atoms with E-state index < -0.39 is 0 Å². The van der Waals surface area contributed by atoms with Gasteiger partial charge in [0.05, 0.1) is 0 Å². The number of aromatic nitrogens is 3. The molecule has 0 unspecified atom stereocenters. The second-order valence-corrected chi connectivity index (χ2v) is 10.8. The van der Waals surface area contributed by atoms with Crippen LogP contribution in [0.5, 0.6) is 0 Å². The van der Waals surface area contributed by atoms with Crippen LogP contribution in [0, 0.1) is 19.8 Å². The smallest absolute Gasteiger partial charge is 0.226 e. The fraction of sp³-hybridized carbons (Fsp3) is 0.567. The van der Waals surface area contributed by atoms with Crippen LogP contribution in [0.3, 0.4) is 0 Å². The molecule has 6 heteroatoms. The minimum absolute atomic E-state index is 0.0104. The number of rotatable bonds is 10. The summed E-state index contributed by atoms with van der Waals surface area (Å²) in [6.07, 6.45) is 6.80. The Morgan fingerprint density at radius 2 is 1.86 bits per heavy atom. The molecule has 1 aromatic carbocycles. The van der Waals surface area contributed by atoms with Crippen molar-refractivity contribution in [1.29, 1.82) is 0 Å². The number of nitrogens with zero attached hydrogens (tertiary/aromatic N) is 4. The van der Waals surface area contributed by atoms with Gasteiger partial charge in [-0.15, -0.1) is 0 Å². The zero-order valence-electron chi connectivity index (χ0n) is 22.8. The van der Waals surface area contributed by atoms with Crippen molar-refractivity contribution in [2.24, 2.45) is 5.92 Å². The number of piperidine rings is 1. The standard InChI is InChI=1S/C30H43N5O/c1-6-7-12-27-33-28-22(4)19-23(5)31-29(28)35(27)16-9-15-34-17-13-24(14-18-34)25-10-8-11-26(20-25)32-30(36)21(2)3/h8,10-11,19-21,24H,6-7,9,12-18H2,1-5H3,(H,32,36). The van der Waals surface area contributed by atoms with E-state index in [0.29, 0.717) is 5.92 Å². The number of unbranched alkanes of at least 4 members (excludes halogenated alkanes) is 1. The lowest BCUT2D eigenvalue weighted by Crippen LogP contribution is -2.34. The Morgan fingerprint density at radius 1 is 1.08 bits per heavy atom. The van der Waals surface area contributed by atoms with Crippen molar-refractivity contribution in [1.82, 2.24) is 19.4 Å². The number of likely N-dealkylation sites (tertiary alicyclic amines) is 1. The molecule has 6 nitrogen and oxygen atoms in total. The zero-order chi connectivity index (χ0) is 25.7. The number of aryl methyl sites for hydroxylation is 4. The van der Waals surface area contributed by atoms with Gasteiger partial charge in [0.2, 0.25) is 5.91 Å². The molecule has 0 aliphatic carbocycles. The molecule has 1 N–H and O–H groups in total. The first-order chi connectivity index (χ1) is 17.4. The first-order valence-electron chi connectivity index (χ1n) is 13.8. The summed E-state index contributed by atoms with van der Waals surface area (Å²) in [6, 6.07) is 10.6. The lowest BCUT2D eigenvalue weighted by Gasteiger charge is -2.32. The van der Waals surface area contributed by atoms with Gasteiger partial charge in [-0.2, -0.15) is 0 Å². The second kappa shape index (κ2) is 12.0. The summed E-state index contributed by atoms with van der Waals surface area (Å²) in [7, 11) is 0. The summed E-state index contributed by atoms with van der Waals surface area (Å²) in [5.74, 6) is 1.82. The normalized spacial score (nSPS) is 15.2. The quantitative estimate of drug-likeness (QED) is 0.365. The van der Waals surface area contributed by atoms with E-state index in [-0.39, 0.29) is 11.8 Å². The monoisotopic (exact) mass is 489 g/mol. The van der Waals surface area contributed by atoms with Crippen LogP contribution in [0.4, 0.5) is 5.69 Å². The van der Waals surface area contributed by atoms with E-state index in [1.165, 1.54) is 23.4 Å². The van der Waals surface area contributed by atoms with E-state index in [1.54, 1.807) is 0 Å². The van der Waals surface area contributed by atoms with Gasteiger partial charge in [-0.1, -0.05) is 39.3 Å². The number of nitrogens with one attached hydrogen (secondary N) is 1. The maximum atomic E-state index is 12.1. The van der Waals surface area contributed by atoms with Crippen molar-refractivity contribution in [3.05, 3.63) is 53.0 Å². The van der Waals surface area contributed by atoms with E-state index >= 15 is 0 Å². The van der Waals surface area contributed by atoms with Crippen LogP contribution < -0.4 is 5.32 Å². The molecule has 36 heavy (non-hydrogen) atoms. The predicted octanol–water partition coefficient (Wildman–Crippen LogP) is 6.25. The van der Waals surface area contributed by atoms with Crippen molar-refractivity contribution >= 4 is 22.8 Å². The van der Waals surface area contributed by atoms with Crippen molar-refractivity contribution in [3.63, 3.8) is 0 Å². The number of fused-ring (bicyclic) bond motifs is 1. The molecule has 0 spiro atoms. The minimum Gasteiger partial charge on any atom is -0.326 e. The molecule has 0 bridgehead atoms. The average Bonchev–Trinajstić information content (AvgIpc) is 3.21. The topological polar surface area (TPSA) is 63.1 Å². The van der Waals surface area contributed by atoms with Gasteiger partial charge in [-0.25, -0.2) is 9.97 Å². The summed E-state index contributed by atoms with van der Waals surface area (Å²) in [5, 5.41) is 3.05. The van der Waals surface area contributed by atoms with Crippen molar-refractivity contribution < 1.29 is 4.79 Å². The molecule has 3 aromatic rings. The van der Waals surface area contributed by atoms with Gasteiger partial charge in [0, 0.05) is 30.3 Å². The average molecular weight is 490 g/mol. The zero-order valence-corrected chi connectivity index (χ0v) is 22.8. The molecule has 1 fully saturated rings. The molecule has 0 radical (unpaired) electrons. The molecule has 1 aliphatic rings. The summed E-state index contributed by atoms with van der Waals surface area (Å²) in [5.41, 5.74) is 6.68. The third-order valence-electron chi connectivity index (χ3n) is 7.45. The first kappa shape index (κ1) is 26.3. The largest absolute Gasteiger partial charge is 0.326 e. The third kappa shape index (κ3) is 6.33. The number of benzene rings is 1. The Morgan fingerprint density at radius 3 is 2.58 bits per heavy atom. The highest BCUT2D eigenvalue weighted by Crippen LogP contribution is 2.30. The second-order valence-electron chi connectivity index (χ2n) is 10.8. The van der Waals surface area contributed by atoms with Crippen LogP contribution >= 0.6 is 0 Å². The predicted molar refractivity (Wildman–Crippen MR) is 149 cm³/mol. The van der Waals surface area contributed by atoms with Gasteiger partial charge in [0.1, 0.15) is 11.3 Å². The molecule has 2 aromatic heterocycles. The Bertz CT molecular complexity index is 1170. The van der Waals surface area contributed by atoms with Crippen LogP contribution in [-0.4, -0.2) is 45.0 Å². The maximum absolute atomic E-state index is 12.1. The van der Waals surface area contributed by atoms with E-state index in [4.69, 9.17) is 9.97 Å². The number of carbonyl (C=O) groups is 1. The van der Waals surface area contributed by atoms with Crippen LogP contribution in [0.2, 0.25) is 0 Å². The van der Waals surface area contributed by atoms with Gasteiger partial charge < -0.3 is 14.8 Å². The SMILES string of the molecule is CCCCc1nc2c(C)cc(C)nc2n1CCCN1CCC(c2cccc(NC(=O)C(C)C)c2)CC1. The molecule has 1 amide bonds. The highest BCUT2D eigenvalue weighted by molar-refractivity contribution is 5.92. The van der Waals surface area contributed by atoms with Gasteiger partial charge >= 0.3 is 0 Å². The third-order valence-corrected chi connectivity index (χ3v) is 7.45. The molecule has 0 saturated carbocycles. The summed E-state index contributed by atoms with van der Waals surface area (Å²) >= 11 is 0. The molecule has 1 aliphatic heterocycles. The summed E-state index contributed by atoms with van der Waals surface area (Å²) in [4.78, 5) is 24.6. The van der Waals surface area contributed by atoms with E-state index in [0.717, 1.165) is 80.8 Å². The van der Waals surface area contributed by atoms with Crippen LogP contribution in [-0.2, 0) is 17.8 Å². The van der Waals surface area contributed by atoms with Gasteiger partial charge in [-0.05, 0) is 94.4 Å². The number of carbonyl (C=O) groups excluding carboxylic acids is 1. The highest BCUT2D eigenvalue weighted by Gasteiger charge is 2.21. The van der Waals surface area contributed by atoms with E-state index in [2.05, 4.69) is 59.8 Å². The molecule has 3 heterocycles.